The standard InChI is InChI=1S/C17H20N2O4/c1-17(2,3)23-16(22)19-14(15(20)21)10-12-9-8-11-6-4-5-7-13(11)18-12/h4-9,14H,10H2,1-3H3,(H,19,22)(H,20,21)/p-1/t14-/m0/s1. The number of pyridine rings is 1. The van der Waals surface area contributed by atoms with Gasteiger partial charge in [-0.15, -0.1) is 0 Å². The molecule has 0 aliphatic rings. The quantitative estimate of drug-likeness (QED) is 0.921. The van der Waals surface area contributed by atoms with Crippen molar-refractivity contribution in [1.29, 1.82) is 0 Å². The number of ether oxygens (including phenoxy) is 1. The van der Waals surface area contributed by atoms with Crippen molar-refractivity contribution in [2.75, 3.05) is 0 Å². The summed E-state index contributed by atoms with van der Waals surface area (Å²) in [5, 5.41) is 14.5. The zero-order valence-corrected chi connectivity index (χ0v) is 13.3. The number of hydrogen-bond acceptors (Lipinski definition) is 5. The number of nitrogens with one attached hydrogen (secondary N) is 1. The largest absolute Gasteiger partial charge is 0.548 e. The van der Waals surface area contributed by atoms with Gasteiger partial charge in [0.15, 0.2) is 0 Å². The highest BCUT2D eigenvalue weighted by Gasteiger charge is 2.20. The van der Waals surface area contributed by atoms with Crippen LogP contribution >= 0.6 is 0 Å². The van der Waals surface area contributed by atoms with Gasteiger partial charge in [-0.05, 0) is 32.9 Å². The van der Waals surface area contributed by atoms with Gasteiger partial charge in [-0.3, -0.25) is 4.98 Å². The Hall–Kier alpha value is -2.63. The van der Waals surface area contributed by atoms with Gasteiger partial charge in [0, 0.05) is 17.5 Å². The molecule has 0 aliphatic heterocycles. The molecule has 122 valence electrons. The summed E-state index contributed by atoms with van der Waals surface area (Å²) in [6.07, 6.45) is -0.778. The lowest BCUT2D eigenvalue weighted by Crippen LogP contribution is -2.50. The number of aliphatic carboxylic acids is 1. The molecule has 6 heteroatoms. The highest BCUT2D eigenvalue weighted by atomic mass is 16.6. The van der Waals surface area contributed by atoms with E-state index in [2.05, 4.69) is 10.3 Å². The highest BCUT2D eigenvalue weighted by Crippen LogP contribution is 2.13. The molecule has 1 heterocycles. The molecule has 0 saturated carbocycles. The van der Waals surface area contributed by atoms with Crippen molar-refractivity contribution in [3.8, 4) is 0 Å². The molecular formula is C17H19N2O4-. The molecule has 6 nitrogen and oxygen atoms in total. The Balaban J connectivity index is 2.11. The second-order valence-electron chi connectivity index (χ2n) is 6.22. The van der Waals surface area contributed by atoms with Gasteiger partial charge >= 0.3 is 6.09 Å². The van der Waals surface area contributed by atoms with Crippen LogP contribution in [0.5, 0.6) is 0 Å². The number of para-hydroxylation sites is 1. The Bertz CT molecular complexity index is 722. The minimum Gasteiger partial charge on any atom is -0.548 e. The maximum atomic E-state index is 11.7. The van der Waals surface area contributed by atoms with Crippen LogP contribution in [0.2, 0.25) is 0 Å². The van der Waals surface area contributed by atoms with E-state index in [4.69, 9.17) is 4.74 Å². The molecule has 0 unspecified atom stereocenters. The number of amides is 1. The number of hydrogen-bond donors (Lipinski definition) is 1. The van der Waals surface area contributed by atoms with Gasteiger partial charge in [0.1, 0.15) is 5.60 Å². The predicted molar refractivity (Wildman–Crippen MR) is 83.6 cm³/mol. The first-order chi connectivity index (χ1) is 10.7. The first kappa shape index (κ1) is 16.7. The molecule has 23 heavy (non-hydrogen) atoms. The van der Waals surface area contributed by atoms with Crippen molar-refractivity contribution < 1.29 is 19.4 Å². The summed E-state index contributed by atoms with van der Waals surface area (Å²) in [4.78, 5) is 27.4. The van der Waals surface area contributed by atoms with Crippen LogP contribution in [0.25, 0.3) is 10.9 Å². The first-order valence-corrected chi connectivity index (χ1v) is 7.30. The van der Waals surface area contributed by atoms with E-state index < -0.39 is 23.7 Å². The molecule has 1 N–H and O–H groups in total. The highest BCUT2D eigenvalue weighted by molar-refractivity contribution is 5.80. The molecule has 0 spiro atoms. The third-order valence-electron chi connectivity index (χ3n) is 3.04. The Morgan fingerprint density at radius 3 is 2.57 bits per heavy atom. The van der Waals surface area contributed by atoms with E-state index in [1.165, 1.54) is 0 Å². The van der Waals surface area contributed by atoms with Gasteiger partial charge in [-0.25, -0.2) is 4.79 Å². The van der Waals surface area contributed by atoms with Gasteiger partial charge in [-0.1, -0.05) is 24.3 Å². The fraction of sp³-hybridized carbons (Fsp3) is 0.353. The number of benzene rings is 1. The maximum Gasteiger partial charge on any atom is 0.408 e. The lowest BCUT2D eigenvalue weighted by molar-refractivity contribution is -0.308. The third kappa shape index (κ3) is 4.95. The van der Waals surface area contributed by atoms with E-state index in [9.17, 15) is 14.7 Å². The number of carboxylic acid groups (broad SMARTS) is 1. The van der Waals surface area contributed by atoms with Crippen molar-refractivity contribution >= 4 is 23.0 Å². The summed E-state index contributed by atoms with van der Waals surface area (Å²) in [6.45, 7) is 5.10. The molecule has 0 radical (unpaired) electrons. The maximum absolute atomic E-state index is 11.7. The summed E-state index contributed by atoms with van der Waals surface area (Å²) in [5.74, 6) is -1.38. The molecule has 1 aromatic heterocycles. The molecule has 1 amide bonds. The van der Waals surface area contributed by atoms with Gasteiger partial charge in [0.25, 0.3) is 0 Å². The Morgan fingerprint density at radius 2 is 1.91 bits per heavy atom. The summed E-state index contributed by atoms with van der Waals surface area (Å²) >= 11 is 0. The summed E-state index contributed by atoms with van der Waals surface area (Å²) in [6, 6.07) is 9.90. The van der Waals surface area contributed by atoms with Gasteiger partial charge in [-0.2, -0.15) is 0 Å². The fourth-order valence-electron chi connectivity index (χ4n) is 2.07. The van der Waals surface area contributed by atoms with Crippen LogP contribution in [0.15, 0.2) is 36.4 Å². The number of rotatable bonds is 4. The van der Waals surface area contributed by atoms with Crippen LogP contribution in [-0.2, 0) is 16.0 Å². The number of alkyl carbamates (subject to hydrolysis) is 1. The number of fused-ring (bicyclic) bond motifs is 1. The van der Waals surface area contributed by atoms with Crippen LogP contribution in [-0.4, -0.2) is 28.7 Å². The second-order valence-corrected chi connectivity index (χ2v) is 6.22. The molecule has 2 aromatic rings. The third-order valence-corrected chi connectivity index (χ3v) is 3.04. The van der Waals surface area contributed by atoms with E-state index in [0.717, 1.165) is 10.9 Å². The zero-order valence-electron chi connectivity index (χ0n) is 13.3. The van der Waals surface area contributed by atoms with E-state index in [1.54, 1.807) is 26.8 Å². The molecule has 1 atom stereocenters. The van der Waals surface area contributed by atoms with E-state index >= 15 is 0 Å². The Labute approximate surface area is 134 Å². The van der Waals surface area contributed by atoms with Crippen LogP contribution < -0.4 is 10.4 Å². The second kappa shape index (κ2) is 6.64. The minimum atomic E-state index is -1.38. The molecule has 2 rings (SSSR count). The van der Waals surface area contributed by atoms with Crippen molar-refractivity contribution in [3.05, 3.63) is 42.1 Å². The predicted octanol–water partition coefficient (Wildman–Crippen LogP) is 1.42. The van der Waals surface area contributed by atoms with Gasteiger partial charge in [0.2, 0.25) is 0 Å². The number of carboxylic acids is 1. The van der Waals surface area contributed by atoms with Gasteiger partial charge < -0.3 is 20.0 Å². The lowest BCUT2D eigenvalue weighted by atomic mass is 10.1. The summed E-state index contributed by atoms with van der Waals surface area (Å²) in [5.41, 5.74) is 0.607. The monoisotopic (exact) mass is 315 g/mol. The van der Waals surface area contributed by atoms with Gasteiger partial charge in [0.05, 0.1) is 17.5 Å². The molecule has 0 fully saturated rings. The normalized spacial score (nSPS) is 12.7. The van der Waals surface area contributed by atoms with E-state index in [-0.39, 0.29) is 6.42 Å². The van der Waals surface area contributed by atoms with Crippen LogP contribution in [0.3, 0.4) is 0 Å². The smallest absolute Gasteiger partial charge is 0.408 e. The van der Waals surface area contributed by atoms with Crippen LogP contribution in [0, 0.1) is 0 Å². The van der Waals surface area contributed by atoms with Crippen LogP contribution in [0.1, 0.15) is 26.5 Å². The Kier molecular flexibility index (Phi) is 4.83. The fourth-order valence-corrected chi connectivity index (χ4v) is 2.07. The van der Waals surface area contributed by atoms with E-state index in [0.29, 0.717) is 5.69 Å². The number of nitrogens with zero attached hydrogens (tertiary/aromatic N) is 1. The minimum absolute atomic E-state index is 0.0202. The number of carbonyl (C=O) groups is 2. The van der Waals surface area contributed by atoms with Crippen molar-refractivity contribution in [3.63, 3.8) is 0 Å². The SMILES string of the molecule is CC(C)(C)OC(=O)N[C@@H](Cc1ccc2ccccc2n1)C(=O)[O-]. The number of carbonyl (C=O) groups excluding carboxylic acids is 2. The lowest BCUT2D eigenvalue weighted by Gasteiger charge is -2.24. The summed E-state index contributed by atoms with van der Waals surface area (Å²) in [7, 11) is 0. The van der Waals surface area contributed by atoms with E-state index in [1.807, 2.05) is 30.3 Å². The zero-order chi connectivity index (χ0) is 17.0. The number of aromatic nitrogens is 1. The Morgan fingerprint density at radius 1 is 1.22 bits per heavy atom. The molecular weight excluding hydrogens is 296 g/mol. The topological polar surface area (TPSA) is 91.3 Å². The first-order valence-electron chi connectivity index (χ1n) is 7.30. The molecule has 0 saturated heterocycles. The average molecular weight is 315 g/mol. The molecule has 1 aromatic carbocycles. The average Bonchev–Trinajstić information content (AvgIpc) is 2.44. The van der Waals surface area contributed by atoms with Crippen molar-refractivity contribution in [2.45, 2.75) is 38.8 Å². The molecule has 0 aliphatic carbocycles. The molecule has 0 bridgehead atoms. The van der Waals surface area contributed by atoms with Crippen molar-refractivity contribution in [2.24, 2.45) is 0 Å². The summed E-state index contributed by atoms with van der Waals surface area (Å²) < 4.78 is 5.06. The van der Waals surface area contributed by atoms with Crippen LogP contribution in [0.4, 0.5) is 4.79 Å². The van der Waals surface area contributed by atoms with Crippen molar-refractivity contribution in [1.82, 2.24) is 10.3 Å².